The van der Waals surface area contributed by atoms with Crippen LogP contribution in [0.1, 0.15) is 19.3 Å². The third-order valence-electron chi connectivity index (χ3n) is 0.448. The molecule has 0 unspecified atom stereocenters. The summed E-state index contributed by atoms with van der Waals surface area (Å²) in [5.41, 5.74) is 0. The Morgan fingerprint density at radius 3 is 1.40 bits per heavy atom. The van der Waals surface area contributed by atoms with Crippen LogP contribution in [-0.4, -0.2) is 47.8 Å². The number of hydrogen-bond acceptors (Lipinski definition) is 4. The van der Waals surface area contributed by atoms with Gasteiger partial charge in [0.05, 0.1) is 0 Å². The molecule has 1 rings (SSSR count). The first-order valence-corrected chi connectivity index (χ1v) is 3.73. The maximum atomic E-state index is 9.08. The van der Waals surface area contributed by atoms with E-state index in [1.807, 2.05) is 0 Å². The van der Waals surface area contributed by atoms with Gasteiger partial charge in [-0.2, -0.15) is 8.42 Å². The van der Waals surface area contributed by atoms with Gasteiger partial charge in [0.2, 0.25) is 0 Å². The van der Waals surface area contributed by atoms with E-state index in [4.69, 9.17) is 18.2 Å². The average Bonchev–Trinajstić information content (AvgIpc) is 2.45. The van der Waals surface area contributed by atoms with E-state index in [9.17, 15) is 0 Å². The molecular formula is C3H9NaO5S. The SMILES string of the molecule is C1CC1.O=S(=O)(O)OO.[NaH]. The minimum atomic E-state index is -4.61. The molecule has 1 fully saturated rings. The molecule has 0 amide bonds. The van der Waals surface area contributed by atoms with Gasteiger partial charge < -0.3 is 0 Å². The molecule has 0 radical (unpaired) electrons. The predicted molar refractivity (Wildman–Crippen MR) is 36.3 cm³/mol. The fourth-order valence-electron chi connectivity index (χ4n) is 0. The van der Waals surface area contributed by atoms with Gasteiger partial charge in [0.25, 0.3) is 0 Å². The van der Waals surface area contributed by atoms with Gasteiger partial charge in [0.15, 0.2) is 0 Å². The minimum absolute atomic E-state index is 0. The molecule has 0 aromatic carbocycles. The fourth-order valence-corrected chi connectivity index (χ4v) is 0. The van der Waals surface area contributed by atoms with Crippen molar-refractivity contribution in [3.8, 4) is 0 Å². The molecule has 58 valence electrons. The quantitative estimate of drug-likeness (QED) is 0.253. The van der Waals surface area contributed by atoms with Crippen LogP contribution in [-0.2, 0) is 14.7 Å². The predicted octanol–water partition coefficient (Wildman–Crippen LogP) is -0.199. The Labute approximate surface area is 81.6 Å². The van der Waals surface area contributed by atoms with Crippen LogP contribution >= 0.6 is 0 Å². The molecule has 2 N–H and O–H groups in total. The molecule has 7 heteroatoms. The van der Waals surface area contributed by atoms with Gasteiger partial charge in [-0.1, -0.05) is 23.6 Å². The van der Waals surface area contributed by atoms with Gasteiger partial charge in [-0.05, 0) is 0 Å². The molecule has 5 nitrogen and oxygen atoms in total. The zero-order valence-electron chi connectivity index (χ0n) is 4.65. The first-order chi connectivity index (χ1) is 4.06. The van der Waals surface area contributed by atoms with Crippen molar-refractivity contribution in [2.75, 3.05) is 0 Å². The van der Waals surface area contributed by atoms with Crippen molar-refractivity contribution in [1.82, 2.24) is 0 Å². The summed E-state index contributed by atoms with van der Waals surface area (Å²) in [5.74, 6) is 0. The summed E-state index contributed by atoms with van der Waals surface area (Å²) in [7, 11) is -4.61. The van der Waals surface area contributed by atoms with Crippen molar-refractivity contribution in [3.63, 3.8) is 0 Å². The van der Waals surface area contributed by atoms with E-state index in [-0.39, 0.29) is 29.6 Å². The van der Waals surface area contributed by atoms with Crippen LogP contribution in [0.4, 0.5) is 0 Å². The van der Waals surface area contributed by atoms with Crippen molar-refractivity contribution in [2.45, 2.75) is 19.3 Å². The molecule has 1 aliphatic rings. The van der Waals surface area contributed by atoms with Crippen molar-refractivity contribution >= 4 is 40.0 Å². The zero-order chi connectivity index (χ0) is 7.33. The standard InChI is InChI=1S/C3H6.Na.H2O5S.H/c1-2-3-1;;1-5-6(2,3)4;/h1-3H2;;1H,(H,2,3,4);. The fraction of sp³-hybridized carbons (Fsp3) is 1.00. The number of hydrogen-bond donors (Lipinski definition) is 2. The molecule has 0 aromatic heterocycles. The van der Waals surface area contributed by atoms with E-state index in [1.165, 1.54) is 19.3 Å². The molecule has 0 saturated heterocycles. The molecule has 1 aliphatic carbocycles. The zero-order valence-corrected chi connectivity index (χ0v) is 5.47. The van der Waals surface area contributed by atoms with Gasteiger partial charge in [-0.3, -0.25) is 4.55 Å². The van der Waals surface area contributed by atoms with Crippen LogP contribution in [0.2, 0.25) is 0 Å². The average molecular weight is 180 g/mol. The van der Waals surface area contributed by atoms with Gasteiger partial charge in [0, 0.05) is 0 Å². The van der Waals surface area contributed by atoms with Gasteiger partial charge in [-0.15, -0.1) is 0 Å². The van der Waals surface area contributed by atoms with E-state index in [0.29, 0.717) is 0 Å². The second kappa shape index (κ2) is 6.53. The van der Waals surface area contributed by atoms with Crippen LogP contribution in [0, 0.1) is 0 Å². The van der Waals surface area contributed by atoms with E-state index >= 15 is 0 Å². The Morgan fingerprint density at radius 1 is 1.20 bits per heavy atom. The summed E-state index contributed by atoms with van der Waals surface area (Å²) in [6, 6.07) is 0. The topological polar surface area (TPSA) is 83.8 Å². The van der Waals surface area contributed by atoms with Crippen LogP contribution in [0.5, 0.6) is 0 Å². The van der Waals surface area contributed by atoms with Crippen LogP contribution in [0.15, 0.2) is 0 Å². The Morgan fingerprint density at radius 2 is 1.40 bits per heavy atom. The van der Waals surface area contributed by atoms with Gasteiger partial charge in [-0.25, -0.2) is 5.26 Å². The Bertz CT molecular complexity index is 148. The first-order valence-electron chi connectivity index (χ1n) is 2.37. The summed E-state index contributed by atoms with van der Waals surface area (Å²) in [5, 5.41) is 7.06. The van der Waals surface area contributed by atoms with Gasteiger partial charge in [0.1, 0.15) is 0 Å². The molecule has 10 heavy (non-hydrogen) atoms. The van der Waals surface area contributed by atoms with Crippen molar-refractivity contribution in [3.05, 3.63) is 0 Å². The molecule has 0 spiro atoms. The van der Waals surface area contributed by atoms with Crippen molar-refractivity contribution < 1.29 is 22.6 Å². The van der Waals surface area contributed by atoms with Crippen LogP contribution in [0.25, 0.3) is 0 Å². The molecule has 0 aromatic rings. The summed E-state index contributed by atoms with van der Waals surface area (Å²) >= 11 is 0. The molecule has 0 atom stereocenters. The summed E-state index contributed by atoms with van der Waals surface area (Å²) in [6.07, 6.45) is 4.50. The Balaban J connectivity index is 0. The monoisotopic (exact) mass is 180 g/mol. The van der Waals surface area contributed by atoms with E-state index in [1.54, 1.807) is 0 Å². The summed E-state index contributed by atoms with van der Waals surface area (Å²) in [4.78, 5) is 0. The third kappa shape index (κ3) is 23.2. The summed E-state index contributed by atoms with van der Waals surface area (Å²) < 4.78 is 28.0. The maximum absolute atomic E-state index is 9.08. The molecule has 0 heterocycles. The van der Waals surface area contributed by atoms with Crippen molar-refractivity contribution in [2.24, 2.45) is 0 Å². The molecule has 0 bridgehead atoms. The molecule has 0 aliphatic heterocycles. The normalized spacial score (nSPS) is 14.2. The Kier molecular flexibility index (Phi) is 8.77. The van der Waals surface area contributed by atoms with Crippen LogP contribution < -0.4 is 0 Å². The molecule has 1 saturated carbocycles. The number of rotatable bonds is 1. The summed E-state index contributed by atoms with van der Waals surface area (Å²) in [6.45, 7) is 0. The van der Waals surface area contributed by atoms with Crippen molar-refractivity contribution in [1.29, 1.82) is 0 Å². The van der Waals surface area contributed by atoms with E-state index in [2.05, 4.69) is 4.33 Å². The Hall–Kier alpha value is 0.830. The second-order valence-electron chi connectivity index (χ2n) is 1.56. The van der Waals surface area contributed by atoms with E-state index in [0.717, 1.165) is 0 Å². The first kappa shape index (κ1) is 13.4. The third-order valence-corrected chi connectivity index (χ3v) is 0.636. The second-order valence-corrected chi connectivity index (χ2v) is 2.57. The van der Waals surface area contributed by atoms with E-state index < -0.39 is 10.4 Å². The van der Waals surface area contributed by atoms with Gasteiger partial charge >= 0.3 is 40.0 Å². The molecular weight excluding hydrogens is 171 g/mol. The van der Waals surface area contributed by atoms with Crippen LogP contribution in [0.3, 0.4) is 0 Å².